The normalized spacial score (nSPS) is 21.3. The van der Waals surface area contributed by atoms with E-state index < -0.39 is 12.0 Å². The third-order valence-electron chi connectivity index (χ3n) is 6.14. The van der Waals surface area contributed by atoms with E-state index in [0.717, 1.165) is 51.9 Å². The summed E-state index contributed by atoms with van der Waals surface area (Å²) < 4.78 is 0. The minimum atomic E-state index is -0.998. The Morgan fingerprint density at radius 3 is 2.80 bits per heavy atom. The van der Waals surface area contributed by atoms with Gasteiger partial charge in [-0.05, 0) is 62.7 Å². The lowest BCUT2D eigenvalue weighted by molar-refractivity contribution is -0.142. The molecule has 3 rings (SSSR count). The summed E-state index contributed by atoms with van der Waals surface area (Å²) in [7, 11) is 0. The first-order valence-electron chi connectivity index (χ1n) is 10.9. The average molecular weight is 417 g/mol. The zero-order chi connectivity index (χ0) is 21.3. The van der Waals surface area contributed by atoms with Gasteiger partial charge in [-0.25, -0.2) is 0 Å². The predicted molar refractivity (Wildman–Crippen MR) is 112 cm³/mol. The first-order chi connectivity index (χ1) is 14.5. The largest absolute Gasteiger partial charge is 0.481 e. The van der Waals surface area contributed by atoms with E-state index in [9.17, 15) is 19.5 Å². The number of pyridine rings is 1. The maximum Gasteiger partial charge on any atom is 0.305 e. The third kappa shape index (κ3) is 6.52. The summed E-state index contributed by atoms with van der Waals surface area (Å²) in [5, 5.41) is 15.3. The van der Waals surface area contributed by atoms with Crippen LogP contribution < -0.4 is 10.6 Å². The van der Waals surface area contributed by atoms with E-state index in [2.05, 4.69) is 15.6 Å². The molecule has 3 heterocycles. The molecule has 2 aliphatic heterocycles. The molecule has 0 aromatic carbocycles. The van der Waals surface area contributed by atoms with E-state index in [-0.39, 0.29) is 30.6 Å². The van der Waals surface area contributed by atoms with E-state index in [1.165, 1.54) is 0 Å². The first kappa shape index (κ1) is 22.2. The number of nitrogens with one attached hydrogen (secondary N) is 2. The van der Waals surface area contributed by atoms with Gasteiger partial charge in [0.2, 0.25) is 11.8 Å². The number of likely N-dealkylation sites (tertiary alicyclic amines) is 1. The third-order valence-corrected chi connectivity index (χ3v) is 6.14. The molecule has 1 aromatic rings. The lowest BCUT2D eigenvalue weighted by Gasteiger charge is -2.34. The Morgan fingerprint density at radius 2 is 2.10 bits per heavy atom. The highest BCUT2D eigenvalue weighted by molar-refractivity contribution is 5.86. The molecule has 0 aliphatic carbocycles. The van der Waals surface area contributed by atoms with Gasteiger partial charge in [-0.1, -0.05) is 6.07 Å². The standard InChI is InChI=1S/C22H32N4O4/c27-20(25-19(14-21(28)29)18-3-1-8-24-15-18)13-17-4-2-11-26(22(17)30)12-7-16-5-9-23-10-6-16/h1,3,8,15-17,19,23H,2,4-7,9-14H2,(H,25,27)(H,28,29)/t17-,19+/m1/s1. The van der Waals surface area contributed by atoms with Gasteiger partial charge in [0.25, 0.3) is 0 Å². The molecule has 164 valence electrons. The number of carbonyl (C=O) groups excluding carboxylic acids is 2. The van der Waals surface area contributed by atoms with Gasteiger partial charge in [-0.3, -0.25) is 19.4 Å². The Kier molecular flexibility index (Phi) is 8.19. The number of carboxylic acid groups (broad SMARTS) is 1. The van der Waals surface area contributed by atoms with Crippen LogP contribution in [0.2, 0.25) is 0 Å². The van der Waals surface area contributed by atoms with Crippen molar-refractivity contribution in [2.24, 2.45) is 11.8 Å². The number of hydrogen-bond acceptors (Lipinski definition) is 5. The summed E-state index contributed by atoms with van der Waals surface area (Å²) >= 11 is 0. The van der Waals surface area contributed by atoms with Crippen LogP contribution >= 0.6 is 0 Å². The van der Waals surface area contributed by atoms with Crippen molar-refractivity contribution in [1.82, 2.24) is 20.5 Å². The molecule has 0 radical (unpaired) electrons. The number of aliphatic carboxylic acids is 1. The molecule has 0 spiro atoms. The molecule has 0 bridgehead atoms. The molecule has 8 nitrogen and oxygen atoms in total. The smallest absolute Gasteiger partial charge is 0.305 e. The van der Waals surface area contributed by atoms with Gasteiger partial charge in [-0.15, -0.1) is 0 Å². The predicted octanol–water partition coefficient (Wildman–Crippen LogP) is 1.73. The maximum atomic E-state index is 12.9. The Hall–Kier alpha value is -2.48. The number of rotatable bonds is 9. The van der Waals surface area contributed by atoms with Gasteiger partial charge in [0, 0.05) is 37.8 Å². The highest BCUT2D eigenvalue weighted by atomic mass is 16.4. The molecule has 0 unspecified atom stereocenters. The van der Waals surface area contributed by atoms with Crippen LogP contribution in [0.3, 0.4) is 0 Å². The molecule has 2 aliphatic rings. The van der Waals surface area contributed by atoms with Gasteiger partial charge in [0.1, 0.15) is 0 Å². The van der Waals surface area contributed by atoms with Crippen LogP contribution in [0, 0.1) is 11.8 Å². The van der Waals surface area contributed by atoms with Gasteiger partial charge < -0.3 is 20.6 Å². The average Bonchev–Trinajstić information content (AvgIpc) is 2.75. The Morgan fingerprint density at radius 1 is 1.30 bits per heavy atom. The summed E-state index contributed by atoms with van der Waals surface area (Å²) in [6.07, 6.45) is 7.97. The van der Waals surface area contributed by atoms with E-state index in [4.69, 9.17) is 0 Å². The number of piperidine rings is 2. The molecule has 2 amide bonds. The molecule has 3 N–H and O–H groups in total. The molecule has 1 aromatic heterocycles. The summed E-state index contributed by atoms with van der Waals surface area (Å²) in [6.45, 7) is 3.63. The van der Waals surface area contributed by atoms with Gasteiger partial charge in [0.05, 0.1) is 12.5 Å². The summed E-state index contributed by atoms with van der Waals surface area (Å²) in [5.74, 6) is -0.891. The highest BCUT2D eigenvalue weighted by Crippen LogP contribution is 2.24. The number of hydrogen-bond donors (Lipinski definition) is 3. The minimum absolute atomic E-state index is 0.0569. The van der Waals surface area contributed by atoms with Crippen molar-refractivity contribution in [2.75, 3.05) is 26.2 Å². The van der Waals surface area contributed by atoms with E-state index in [0.29, 0.717) is 17.9 Å². The first-order valence-corrected chi connectivity index (χ1v) is 10.9. The molecule has 8 heteroatoms. The Labute approximate surface area is 177 Å². The minimum Gasteiger partial charge on any atom is -0.481 e. The number of nitrogens with zero attached hydrogens (tertiary/aromatic N) is 2. The Bertz CT molecular complexity index is 721. The van der Waals surface area contributed by atoms with Crippen LogP contribution in [-0.2, 0) is 14.4 Å². The zero-order valence-corrected chi connectivity index (χ0v) is 17.4. The number of carboxylic acids is 1. The van der Waals surface area contributed by atoms with Gasteiger partial charge in [0.15, 0.2) is 0 Å². The Balaban J connectivity index is 1.52. The number of amides is 2. The van der Waals surface area contributed by atoms with Crippen LogP contribution in [0.15, 0.2) is 24.5 Å². The topological polar surface area (TPSA) is 112 Å². The lowest BCUT2D eigenvalue weighted by Crippen LogP contribution is -2.44. The second-order valence-electron chi connectivity index (χ2n) is 8.35. The van der Waals surface area contributed by atoms with Crippen LogP contribution in [0.4, 0.5) is 0 Å². The van der Waals surface area contributed by atoms with Crippen LogP contribution in [0.5, 0.6) is 0 Å². The molecular weight excluding hydrogens is 384 g/mol. The fraction of sp³-hybridized carbons (Fsp3) is 0.636. The lowest BCUT2D eigenvalue weighted by atomic mass is 9.91. The maximum absolute atomic E-state index is 12.9. The van der Waals surface area contributed by atoms with Crippen molar-refractivity contribution in [3.63, 3.8) is 0 Å². The second kappa shape index (κ2) is 11.1. The van der Waals surface area contributed by atoms with Gasteiger partial charge in [-0.2, -0.15) is 0 Å². The van der Waals surface area contributed by atoms with Crippen LogP contribution in [0.25, 0.3) is 0 Å². The quantitative estimate of drug-likeness (QED) is 0.565. The number of carbonyl (C=O) groups is 3. The molecule has 30 heavy (non-hydrogen) atoms. The van der Waals surface area contributed by atoms with Crippen molar-refractivity contribution in [1.29, 1.82) is 0 Å². The van der Waals surface area contributed by atoms with Crippen molar-refractivity contribution in [3.05, 3.63) is 30.1 Å². The fourth-order valence-corrected chi connectivity index (χ4v) is 4.43. The van der Waals surface area contributed by atoms with Crippen molar-refractivity contribution >= 4 is 17.8 Å². The monoisotopic (exact) mass is 416 g/mol. The van der Waals surface area contributed by atoms with Crippen LogP contribution in [-0.4, -0.2) is 59.0 Å². The number of aromatic nitrogens is 1. The van der Waals surface area contributed by atoms with Crippen molar-refractivity contribution in [2.45, 2.75) is 51.0 Å². The summed E-state index contributed by atoms with van der Waals surface area (Å²) in [4.78, 5) is 42.7. The van der Waals surface area contributed by atoms with E-state index >= 15 is 0 Å². The zero-order valence-electron chi connectivity index (χ0n) is 17.4. The van der Waals surface area contributed by atoms with Crippen LogP contribution in [0.1, 0.15) is 56.6 Å². The molecule has 2 atom stereocenters. The van der Waals surface area contributed by atoms with Gasteiger partial charge >= 0.3 is 5.97 Å². The molecule has 2 fully saturated rings. The van der Waals surface area contributed by atoms with E-state index in [1.807, 2.05) is 4.90 Å². The molecule has 2 saturated heterocycles. The summed E-state index contributed by atoms with van der Waals surface area (Å²) in [5.41, 5.74) is 0.645. The summed E-state index contributed by atoms with van der Waals surface area (Å²) in [6, 6.07) is 2.80. The SMILES string of the molecule is O=C(O)C[C@H](NC(=O)C[C@H]1CCCN(CCC2CCNCC2)C1=O)c1cccnc1. The molecular formula is C22H32N4O4. The van der Waals surface area contributed by atoms with Crippen molar-refractivity contribution < 1.29 is 19.5 Å². The van der Waals surface area contributed by atoms with Crippen molar-refractivity contribution in [3.8, 4) is 0 Å². The second-order valence-corrected chi connectivity index (χ2v) is 8.35. The molecule has 0 saturated carbocycles. The highest BCUT2D eigenvalue weighted by Gasteiger charge is 2.31. The fourth-order valence-electron chi connectivity index (χ4n) is 4.43. The van der Waals surface area contributed by atoms with E-state index in [1.54, 1.807) is 24.5 Å².